The van der Waals surface area contributed by atoms with Crippen molar-refractivity contribution in [1.82, 2.24) is 4.57 Å². The molecular weight excluding hydrogens is 915 g/mol. The summed E-state index contributed by atoms with van der Waals surface area (Å²) in [5, 5.41) is 5.40. The zero-order valence-electron chi connectivity index (χ0n) is 49.2. The average molecular weight is 1000 g/mol. The lowest BCUT2D eigenvalue weighted by Gasteiger charge is -2.24. The number of para-hydroxylation sites is 2. The van der Waals surface area contributed by atoms with Crippen LogP contribution in [0.2, 0.25) is 0 Å². The van der Waals surface area contributed by atoms with E-state index in [4.69, 9.17) is 0 Å². The highest BCUT2D eigenvalue weighted by Gasteiger charge is 2.35. The van der Waals surface area contributed by atoms with Gasteiger partial charge in [-0.05, 0) is 121 Å². The second-order valence-electron chi connectivity index (χ2n) is 26.3. The number of fused-ring (bicyclic) bond motifs is 7. The summed E-state index contributed by atoms with van der Waals surface area (Å²) in [6.45, 7) is 38.4. The molecule has 0 saturated heterocycles. The highest BCUT2D eigenvalue weighted by molar-refractivity contribution is 6.08. The lowest BCUT2D eigenvalue weighted by molar-refractivity contribution is 0.423. The maximum absolute atomic E-state index is 2.43. The minimum Gasteiger partial charge on any atom is -0.335 e. The largest absolute Gasteiger partial charge is 0.335 e. The molecule has 0 bridgehead atoms. The molecule has 1 aliphatic carbocycles. The molecule has 11 rings (SSSR count). The molecule has 1 aromatic heterocycles. The summed E-state index contributed by atoms with van der Waals surface area (Å²) < 4.78 is 2.43. The fraction of sp³-hybridized carbons (Fsp3) is 0.307. The monoisotopic (exact) mass is 1000 g/mol. The Bertz CT molecular complexity index is 3420. The maximum atomic E-state index is 2.43. The fourth-order valence-electron chi connectivity index (χ4n) is 10.4. The van der Waals surface area contributed by atoms with E-state index < -0.39 is 0 Å². The van der Waals surface area contributed by atoms with Gasteiger partial charge in [-0.1, -0.05) is 303 Å². The van der Waals surface area contributed by atoms with Gasteiger partial charge in [0.2, 0.25) is 0 Å². The molecule has 0 fully saturated rings. The van der Waals surface area contributed by atoms with Gasteiger partial charge < -0.3 is 4.57 Å². The maximum Gasteiger partial charge on any atom is 0.0496 e. The first-order valence-electron chi connectivity index (χ1n) is 27.6. The molecule has 1 heteroatoms. The highest BCUT2D eigenvalue weighted by atomic mass is 15.0. The first-order valence-corrected chi connectivity index (χ1v) is 27.6. The SMILES string of the molecule is CC(C)(C)c1ccc(-c2ccccc2)cc1.CC(C)(C)c1ccc2c(c1)-c1ccccc1C2(C)C.CC(C)(C)c1cccc2ccccc12.CC(C)(C)c1ccccc1.CC(C)(C)n1c2ccccc2c2ccccc21. The molecule has 76 heavy (non-hydrogen) atoms. The Morgan fingerprint density at radius 2 is 0.711 bits per heavy atom. The number of aromatic nitrogens is 1. The van der Waals surface area contributed by atoms with Gasteiger partial charge in [0.1, 0.15) is 0 Å². The number of nitrogens with zero attached hydrogens (tertiary/aromatic N) is 1. The number of hydrogen-bond acceptors (Lipinski definition) is 0. The lowest BCUT2D eigenvalue weighted by atomic mass is 9.80. The van der Waals surface area contributed by atoms with E-state index in [2.05, 4.69) is 335 Å². The third kappa shape index (κ3) is 13.3. The predicted molar refractivity (Wildman–Crippen MR) is 336 cm³/mol. The molecule has 0 amide bonds. The van der Waals surface area contributed by atoms with Crippen LogP contribution in [0.25, 0.3) is 54.8 Å². The van der Waals surface area contributed by atoms with Gasteiger partial charge in [-0.2, -0.15) is 0 Å². The van der Waals surface area contributed by atoms with E-state index in [0.29, 0.717) is 5.41 Å². The average Bonchev–Trinajstić information content (AvgIpc) is 3.86. The summed E-state index contributed by atoms with van der Waals surface area (Å²) in [5.41, 5.74) is 17.8. The summed E-state index contributed by atoms with van der Waals surface area (Å²) in [7, 11) is 0. The molecule has 0 saturated carbocycles. The number of rotatable bonds is 1. The summed E-state index contributed by atoms with van der Waals surface area (Å²) >= 11 is 0. The van der Waals surface area contributed by atoms with Crippen LogP contribution >= 0.6 is 0 Å². The van der Waals surface area contributed by atoms with Crippen LogP contribution in [0.5, 0.6) is 0 Å². The van der Waals surface area contributed by atoms with E-state index in [1.165, 1.54) is 88.2 Å². The number of hydrogen-bond donors (Lipinski definition) is 0. The second-order valence-corrected chi connectivity index (χ2v) is 26.3. The minimum atomic E-state index is 0.0999. The second kappa shape index (κ2) is 22.7. The first kappa shape index (κ1) is 56.8. The molecule has 0 N–H and O–H groups in total. The van der Waals surface area contributed by atoms with Crippen molar-refractivity contribution in [2.75, 3.05) is 0 Å². The Balaban J connectivity index is 0.000000140. The van der Waals surface area contributed by atoms with Crippen molar-refractivity contribution in [3.8, 4) is 22.3 Å². The zero-order valence-corrected chi connectivity index (χ0v) is 49.2. The van der Waals surface area contributed by atoms with Crippen LogP contribution in [0.15, 0.2) is 218 Å². The third-order valence-electron chi connectivity index (χ3n) is 14.8. The van der Waals surface area contributed by atoms with Crippen molar-refractivity contribution in [2.45, 2.75) is 150 Å². The van der Waals surface area contributed by atoms with Crippen LogP contribution in [0, 0.1) is 0 Å². The van der Waals surface area contributed by atoms with Gasteiger partial charge in [-0.15, -0.1) is 0 Å². The summed E-state index contributed by atoms with van der Waals surface area (Å²) in [6, 6.07) is 78.1. The summed E-state index contributed by atoms with van der Waals surface area (Å²) in [6.07, 6.45) is 0. The van der Waals surface area contributed by atoms with Crippen molar-refractivity contribution in [3.05, 3.63) is 252 Å². The van der Waals surface area contributed by atoms with E-state index in [1.54, 1.807) is 0 Å². The van der Waals surface area contributed by atoms with Crippen molar-refractivity contribution < 1.29 is 0 Å². The third-order valence-corrected chi connectivity index (χ3v) is 14.8. The van der Waals surface area contributed by atoms with Crippen LogP contribution in [0.3, 0.4) is 0 Å². The van der Waals surface area contributed by atoms with Gasteiger partial charge in [0.25, 0.3) is 0 Å². The van der Waals surface area contributed by atoms with Gasteiger partial charge >= 0.3 is 0 Å². The molecule has 392 valence electrons. The van der Waals surface area contributed by atoms with Crippen LogP contribution in [-0.4, -0.2) is 4.57 Å². The van der Waals surface area contributed by atoms with Crippen molar-refractivity contribution in [3.63, 3.8) is 0 Å². The first-order chi connectivity index (χ1) is 35.7. The van der Waals surface area contributed by atoms with Crippen LogP contribution in [0.1, 0.15) is 151 Å². The van der Waals surface area contributed by atoms with Crippen molar-refractivity contribution in [2.24, 2.45) is 0 Å². The van der Waals surface area contributed by atoms with E-state index >= 15 is 0 Å². The molecule has 0 aliphatic heterocycles. The molecular formula is C75H87N. The Morgan fingerprint density at radius 3 is 1.22 bits per heavy atom. The summed E-state index contributed by atoms with van der Waals surface area (Å²) in [4.78, 5) is 0. The van der Waals surface area contributed by atoms with Gasteiger partial charge in [-0.3, -0.25) is 0 Å². The van der Waals surface area contributed by atoms with Gasteiger partial charge in [0.05, 0.1) is 0 Å². The van der Waals surface area contributed by atoms with Crippen LogP contribution < -0.4 is 0 Å². The molecule has 1 heterocycles. The molecule has 0 atom stereocenters. The molecule has 0 spiro atoms. The van der Waals surface area contributed by atoms with Gasteiger partial charge in [0.15, 0.2) is 0 Å². The molecule has 0 radical (unpaired) electrons. The molecule has 1 nitrogen and oxygen atoms in total. The smallest absolute Gasteiger partial charge is 0.0496 e. The normalized spacial score (nSPS) is 12.9. The predicted octanol–water partition coefficient (Wildman–Crippen LogP) is 21.6. The van der Waals surface area contributed by atoms with E-state index in [-0.39, 0.29) is 27.2 Å². The van der Waals surface area contributed by atoms with Crippen LogP contribution in [-0.2, 0) is 32.6 Å². The lowest BCUT2D eigenvalue weighted by Crippen LogP contribution is -2.21. The molecule has 1 aliphatic rings. The van der Waals surface area contributed by atoms with Gasteiger partial charge in [0, 0.05) is 32.8 Å². The standard InChI is InChI=1S/C19H22.C16H17N.C16H18.C14H16.C10H14/c1-18(2,3)13-10-11-17-15(12-13)14-8-6-7-9-16(14)19(17,4)5;1-16(2,3)17-14-10-6-4-8-12(14)13-9-5-7-11-15(13)17;1-16(2,3)15-11-9-14(10-12-15)13-7-5-4-6-8-13;1-14(2,3)13-10-6-8-11-7-4-5-9-12(11)13;1-10(2,3)9-7-5-4-6-8-9/h6-12H,1-5H3;4-11H,1-3H3;4-12H,1-3H3;4-10H,1-3H3;4-8H,1-3H3. The highest BCUT2D eigenvalue weighted by Crippen LogP contribution is 2.49. The summed E-state index contributed by atoms with van der Waals surface area (Å²) in [5.74, 6) is 0. The fourth-order valence-corrected chi connectivity index (χ4v) is 10.4. The topological polar surface area (TPSA) is 4.93 Å². The molecule has 9 aromatic carbocycles. The van der Waals surface area contributed by atoms with Gasteiger partial charge in [-0.25, -0.2) is 0 Å². The molecule has 0 unspecified atom stereocenters. The van der Waals surface area contributed by atoms with Crippen LogP contribution in [0.4, 0.5) is 0 Å². The number of benzene rings is 9. The quantitative estimate of drug-likeness (QED) is 0.154. The van der Waals surface area contributed by atoms with Crippen molar-refractivity contribution >= 4 is 32.6 Å². The van der Waals surface area contributed by atoms with E-state index in [1.807, 2.05) is 6.07 Å². The Labute approximate surface area is 459 Å². The van der Waals surface area contributed by atoms with Crippen molar-refractivity contribution in [1.29, 1.82) is 0 Å². The minimum absolute atomic E-state index is 0.0999. The zero-order chi connectivity index (χ0) is 55.3. The molecule has 10 aromatic rings. The van der Waals surface area contributed by atoms with E-state index in [9.17, 15) is 0 Å². The Morgan fingerprint density at radius 1 is 0.303 bits per heavy atom. The Hall–Kier alpha value is -6.96. The Kier molecular flexibility index (Phi) is 17.0. The van der Waals surface area contributed by atoms with E-state index in [0.717, 1.165) is 0 Å².